The molecule has 0 aliphatic carbocycles. The Morgan fingerprint density at radius 3 is 2.32 bits per heavy atom. The van der Waals surface area contributed by atoms with Gasteiger partial charge >= 0.3 is 0 Å². The van der Waals surface area contributed by atoms with Gasteiger partial charge in [0.05, 0.1) is 0 Å². The predicted octanol–water partition coefficient (Wildman–Crippen LogP) is 4.32. The summed E-state index contributed by atoms with van der Waals surface area (Å²) < 4.78 is 0. The fourth-order valence-corrected chi connectivity index (χ4v) is 3.12. The summed E-state index contributed by atoms with van der Waals surface area (Å²) in [6, 6.07) is 18.0. The van der Waals surface area contributed by atoms with Crippen molar-refractivity contribution in [2.75, 3.05) is 11.9 Å². The highest BCUT2D eigenvalue weighted by Gasteiger charge is 2.11. The van der Waals surface area contributed by atoms with E-state index in [0.29, 0.717) is 18.2 Å². The van der Waals surface area contributed by atoms with Gasteiger partial charge in [0.1, 0.15) is 5.69 Å². The topological polar surface area (TPSA) is 66.9 Å². The number of carbonyl (C=O) groups is 1. The fraction of sp³-hybridized carbons (Fsp3) is 0.261. The summed E-state index contributed by atoms with van der Waals surface area (Å²) in [6.07, 6.45) is 4.22. The first kappa shape index (κ1) is 19.5. The zero-order chi connectivity index (χ0) is 19.8. The molecule has 144 valence electrons. The van der Waals surface area contributed by atoms with Gasteiger partial charge in [-0.25, -0.2) is 9.97 Å². The van der Waals surface area contributed by atoms with Crippen molar-refractivity contribution in [3.05, 3.63) is 83.2 Å². The minimum Gasteiger partial charge on any atom is -0.350 e. The molecular formula is C23H26N4O. The number of hydrogen-bond donors (Lipinski definition) is 2. The summed E-state index contributed by atoms with van der Waals surface area (Å²) in [5, 5.41) is 6.24. The van der Waals surface area contributed by atoms with Crippen molar-refractivity contribution < 1.29 is 4.79 Å². The van der Waals surface area contributed by atoms with Gasteiger partial charge in [-0.2, -0.15) is 0 Å². The van der Waals surface area contributed by atoms with Crippen LogP contribution >= 0.6 is 0 Å². The summed E-state index contributed by atoms with van der Waals surface area (Å²) >= 11 is 0. The molecule has 0 aliphatic rings. The van der Waals surface area contributed by atoms with Crippen LogP contribution in [-0.2, 0) is 19.3 Å². The highest BCUT2D eigenvalue weighted by molar-refractivity contribution is 5.92. The maximum Gasteiger partial charge on any atom is 0.270 e. The second-order valence-corrected chi connectivity index (χ2v) is 6.54. The van der Waals surface area contributed by atoms with Crippen LogP contribution in [0.15, 0.2) is 60.8 Å². The largest absolute Gasteiger partial charge is 0.350 e. The van der Waals surface area contributed by atoms with Crippen molar-refractivity contribution in [2.45, 2.75) is 33.1 Å². The molecule has 0 aliphatic heterocycles. The molecule has 0 radical (unpaired) electrons. The smallest absolute Gasteiger partial charge is 0.270 e. The number of nitrogens with one attached hydrogen (secondary N) is 2. The van der Waals surface area contributed by atoms with Gasteiger partial charge in [0.2, 0.25) is 5.95 Å². The van der Waals surface area contributed by atoms with Gasteiger partial charge in [0.25, 0.3) is 5.91 Å². The number of nitrogens with zero attached hydrogens (tertiary/aromatic N) is 2. The summed E-state index contributed by atoms with van der Waals surface area (Å²) in [7, 11) is 0. The van der Waals surface area contributed by atoms with Gasteiger partial charge in [0, 0.05) is 18.4 Å². The molecule has 0 spiro atoms. The van der Waals surface area contributed by atoms with Gasteiger partial charge in [-0.1, -0.05) is 62.4 Å². The van der Waals surface area contributed by atoms with E-state index >= 15 is 0 Å². The number of carbonyl (C=O) groups excluding carboxylic acids is 1. The third kappa shape index (κ3) is 4.94. The zero-order valence-electron chi connectivity index (χ0n) is 16.4. The van der Waals surface area contributed by atoms with Gasteiger partial charge in [-0.3, -0.25) is 4.79 Å². The highest BCUT2D eigenvalue weighted by atomic mass is 16.1. The molecule has 0 saturated carbocycles. The van der Waals surface area contributed by atoms with Gasteiger partial charge < -0.3 is 10.6 Å². The van der Waals surface area contributed by atoms with Gasteiger partial charge in [-0.05, 0) is 42.0 Å². The summed E-state index contributed by atoms with van der Waals surface area (Å²) in [5.74, 6) is 0.243. The molecule has 1 heterocycles. The maximum absolute atomic E-state index is 12.5. The summed E-state index contributed by atoms with van der Waals surface area (Å²) in [5.41, 5.74) is 5.00. The van der Waals surface area contributed by atoms with Gasteiger partial charge in [0.15, 0.2) is 0 Å². The Kier molecular flexibility index (Phi) is 6.73. The van der Waals surface area contributed by atoms with Crippen LogP contribution in [0.2, 0.25) is 0 Å². The molecule has 0 fully saturated rings. The monoisotopic (exact) mass is 374 g/mol. The van der Waals surface area contributed by atoms with Crippen LogP contribution in [0.3, 0.4) is 0 Å². The fourth-order valence-electron chi connectivity index (χ4n) is 3.12. The van der Waals surface area contributed by atoms with E-state index in [0.717, 1.165) is 24.9 Å². The number of aryl methyl sites for hydroxylation is 2. The van der Waals surface area contributed by atoms with Crippen LogP contribution < -0.4 is 10.6 Å². The van der Waals surface area contributed by atoms with Crippen molar-refractivity contribution in [1.82, 2.24) is 15.3 Å². The number of anilines is 2. The second kappa shape index (κ2) is 9.65. The molecule has 28 heavy (non-hydrogen) atoms. The number of hydrogen-bond acceptors (Lipinski definition) is 4. The summed E-state index contributed by atoms with van der Waals surface area (Å²) in [6.45, 7) is 4.81. The molecule has 1 aromatic heterocycles. The lowest BCUT2D eigenvalue weighted by molar-refractivity contribution is 0.0949. The Morgan fingerprint density at radius 1 is 0.929 bits per heavy atom. The Labute approximate surface area is 166 Å². The third-order valence-electron chi connectivity index (χ3n) is 4.67. The molecule has 5 heteroatoms. The van der Waals surface area contributed by atoms with E-state index in [9.17, 15) is 4.79 Å². The minimum atomic E-state index is -0.194. The molecule has 2 N–H and O–H groups in total. The van der Waals surface area contributed by atoms with Crippen molar-refractivity contribution in [2.24, 2.45) is 0 Å². The molecular weight excluding hydrogens is 348 g/mol. The first-order valence-electron chi connectivity index (χ1n) is 9.74. The van der Waals surface area contributed by atoms with E-state index in [1.807, 2.05) is 18.2 Å². The van der Waals surface area contributed by atoms with Crippen molar-refractivity contribution in [1.29, 1.82) is 0 Å². The van der Waals surface area contributed by atoms with Crippen LogP contribution in [0.25, 0.3) is 0 Å². The Balaban J connectivity index is 1.68. The van der Waals surface area contributed by atoms with E-state index in [1.165, 1.54) is 16.7 Å². The number of aromatic nitrogens is 2. The molecule has 5 nitrogen and oxygen atoms in total. The molecule has 1 amide bonds. The van der Waals surface area contributed by atoms with Crippen molar-refractivity contribution in [3.8, 4) is 0 Å². The van der Waals surface area contributed by atoms with E-state index in [-0.39, 0.29) is 5.91 Å². The van der Waals surface area contributed by atoms with Gasteiger partial charge in [-0.15, -0.1) is 0 Å². The normalized spacial score (nSPS) is 10.5. The highest BCUT2D eigenvalue weighted by Crippen LogP contribution is 2.25. The predicted molar refractivity (Wildman–Crippen MR) is 113 cm³/mol. The molecule has 0 atom stereocenters. The van der Waals surface area contributed by atoms with Crippen LogP contribution in [-0.4, -0.2) is 22.4 Å². The average molecular weight is 374 g/mol. The SMILES string of the molecule is CCc1cccc(CC)c1Nc1nccc(C(=O)NCCc2ccccc2)n1. The van der Waals surface area contributed by atoms with Crippen molar-refractivity contribution >= 4 is 17.5 Å². The van der Waals surface area contributed by atoms with E-state index in [2.05, 4.69) is 64.8 Å². The standard InChI is InChI=1S/C23H26N4O/c1-3-18-11-8-12-19(4-2)21(18)27-23-25-16-14-20(26-23)22(28)24-15-13-17-9-6-5-7-10-17/h5-12,14,16H,3-4,13,15H2,1-2H3,(H,24,28)(H,25,26,27). The van der Waals surface area contributed by atoms with Crippen LogP contribution in [0.4, 0.5) is 11.6 Å². The lowest BCUT2D eigenvalue weighted by atomic mass is 10.0. The average Bonchev–Trinajstić information content (AvgIpc) is 2.74. The Morgan fingerprint density at radius 2 is 1.64 bits per heavy atom. The van der Waals surface area contributed by atoms with Crippen LogP contribution in [0.5, 0.6) is 0 Å². The Hall–Kier alpha value is -3.21. The van der Waals surface area contributed by atoms with Crippen LogP contribution in [0, 0.1) is 0 Å². The Bertz CT molecular complexity index is 903. The summed E-state index contributed by atoms with van der Waals surface area (Å²) in [4.78, 5) is 21.2. The number of para-hydroxylation sites is 1. The lowest BCUT2D eigenvalue weighted by Gasteiger charge is -2.14. The van der Waals surface area contributed by atoms with Crippen molar-refractivity contribution in [3.63, 3.8) is 0 Å². The molecule has 3 aromatic rings. The quantitative estimate of drug-likeness (QED) is 0.616. The van der Waals surface area contributed by atoms with E-state index in [1.54, 1.807) is 12.3 Å². The zero-order valence-corrected chi connectivity index (χ0v) is 16.4. The molecule has 0 unspecified atom stereocenters. The number of benzene rings is 2. The maximum atomic E-state index is 12.5. The first-order chi connectivity index (χ1) is 13.7. The number of rotatable bonds is 8. The van der Waals surface area contributed by atoms with E-state index in [4.69, 9.17) is 0 Å². The molecule has 3 rings (SSSR count). The third-order valence-corrected chi connectivity index (χ3v) is 4.67. The van der Waals surface area contributed by atoms with Crippen LogP contribution in [0.1, 0.15) is 41.0 Å². The minimum absolute atomic E-state index is 0.194. The second-order valence-electron chi connectivity index (χ2n) is 6.54. The van der Waals surface area contributed by atoms with E-state index < -0.39 is 0 Å². The molecule has 0 bridgehead atoms. The number of amides is 1. The first-order valence-corrected chi connectivity index (χ1v) is 9.74. The lowest BCUT2D eigenvalue weighted by Crippen LogP contribution is -2.26. The molecule has 0 saturated heterocycles. The molecule has 2 aromatic carbocycles.